The number of carbonyl (C=O) groups is 2. The van der Waals surface area contributed by atoms with Crippen molar-refractivity contribution in [2.24, 2.45) is 28.6 Å². The molecule has 0 amide bonds. The number of ether oxygens (including phenoxy) is 1. The SMILES string of the molecule is C=C1/C(=C\C=C2/CCC[C@]3(C)[C@@H]([C@H](C)/C=C/C(=O)C(C)(C)C(=O)OC)CC[C@@H]23)C[C@@H](O[Si](C)(C)C(C)(C)C)C[C@@H]1O[Si](C)(C)C(C)(C)C. The molecule has 0 unspecified atom stereocenters. The summed E-state index contributed by atoms with van der Waals surface area (Å²) in [6.07, 6.45) is 16.2. The molecule has 3 aliphatic rings. The van der Waals surface area contributed by atoms with Crippen molar-refractivity contribution in [1.82, 2.24) is 0 Å². The molecule has 0 aromatic carbocycles. The van der Waals surface area contributed by atoms with Crippen molar-refractivity contribution in [1.29, 1.82) is 0 Å². The first-order valence-corrected chi connectivity index (χ1v) is 24.4. The minimum absolute atomic E-state index is 0.0222. The van der Waals surface area contributed by atoms with Gasteiger partial charge in [-0.25, -0.2) is 0 Å². The maximum atomic E-state index is 12.9. The Morgan fingerprint density at radius 2 is 1.52 bits per heavy atom. The molecular weight excluding hydrogens is 629 g/mol. The zero-order valence-corrected chi connectivity index (χ0v) is 35.4. The molecular formula is C41H70O5Si2. The van der Waals surface area contributed by atoms with Crippen molar-refractivity contribution >= 4 is 28.4 Å². The summed E-state index contributed by atoms with van der Waals surface area (Å²) >= 11 is 0. The van der Waals surface area contributed by atoms with Crippen LogP contribution in [0.5, 0.6) is 0 Å². The summed E-state index contributed by atoms with van der Waals surface area (Å²) < 4.78 is 19.0. The average molecular weight is 699 g/mol. The molecule has 5 nitrogen and oxygen atoms in total. The molecule has 0 bridgehead atoms. The van der Waals surface area contributed by atoms with Crippen LogP contribution in [-0.4, -0.2) is 47.7 Å². The fraction of sp³-hybridized carbons (Fsp3) is 0.756. The molecule has 272 valence electrons. The number of fused-ring (bicyclic) bond motifs is 1. The Bertz CT molecular complexity index is 1300. The van der Waals surface area contributed by atoms with Crippen LogP contribution in [0.2, 0.25) is 36.3 Å². The quantitative estimate of drug-likeness (QED) is 0.0983. The van der Waals surface area contributed by atoms with Crippen LogP contribution >= 0.6 is 0 Å². The lowest BCUT2D eigenvalue weighted by molar-refractivity contribution is -0.154. The van der Waals surface area contributed by atoms with Crippen molar-refractivity contribution in [3.8, 4) is 0 Å². The van der Waals surface area contributed by atoms with Gasteiger partial charge in [0.05, 0.1) is 19.3 Å². The summed E-state index contributed by atoms with van der Waals surface area (Å²) in [5.74, 6) is 0.566. The van der Waals surface area contributed by atoms with Gasteiger partial charge in [-0.3, -0.25) is 9.59 Å². The van der Waals surface area contributed by atoms with Crippen LogP contribution in [0.15, 0.2) is 47.6 Å². The van der Waals surface area contributed by atoms with Crippen LogP contribution in [-0.2, 0) is 23.2 Å². The summed E-state index contributed by atoms with van der Waals surface area (Å²) in [4.78, 5) is 25.1. The van der Waals surface area contributed by atoms with Gasteiger partial charge in [-0.2, -0.15) is 0 Å². The number of ketones is 1. The first-order chi connectivity index (χ1) is 21.8. The Kier molecular flexibility index (Phi) is 12.4. The molecule has 0 heterocycles. The van der Waals surface area contributed by atoms with E-state index in [-0.39, 0.29) is 39.4 Å². The van der Waals surface area contributed by atoms with Crippen LogP contribution in [0, 0.1) is 28.6 Å². The molecule has 7 heteroatoms. The third kappa shape index (κ3) is 8.66. The van der Waals surface area contributed by atoms with E-state index in [0.29, 0.717) is 11.8 Å². The van der Waals surface area contributed by atoms with Gasteiger partial charge in [-0.05, 0) is 129 Å². The average Bonchev–Trinajstić information content (AvgIpc) is 3.32. The van der Waals surface area contributed by atoms with Gasteiger partial charge in [0.15, 0.2) is 22.4 Å². The number of rotatable bonds is 10. The zero-order valence-electron chi connectivity index (χ0n) is 33.4. The van der Waals surface area contributed by atoms with Gasteiger partial charge < -0.3 is 13.6 Å². The number of hydrogen-bond donors (Lipinski definition) is 0. The van der Waals surface area contributed by atoms with E-state index >= 15 is 0 Å². The Hall–Kier alpha value is -1.55. The predicted octanol–water partition coefficient (Wildman–Crippen LogP) is 11.1. The smallest absolute Gasteiger partial charge is 0.319 e. The van der Waals surface area contributed by atoms with Crippen molar-refractivity contribution in [3.63, 3.8) is 0 Å². The van der Waals surface area contributed by atoms with E-state index in [0.717, 1.165) is 31.3 Å². The van der Waals surface area contributed by atoms with Gasteiger partial charge in [0, 0.05) is 6.42 Å². The van der Waals surface area contributed by atoms with Crippen LogP contribution in [0.4, 0.5) is 0 Å². The molecule has 0 aliphatic heterocycles. The van der Waals surface area contributed by atoms with E-state index in [1.807, 2.05) is 6.08 Å². The molecule has 0 spiro atoms. The van der Waals surface area contributed by atoms with Gasteiger partial charge in [-0.1, -0.05) is 85.8 Å². The highest BCUT2D eigenvalue weighted by atomic mass is 28.4. The molecule has 3 saturated carbocycles. The molecule has 0 aromatic rings. The van der Waals surface area contributed by atoms with Crippen molar-refractivity contribution in [2.45, 2.75) is 163 Å². The predicted molar refractivity (Wildman–Crippen MR) is 206 cm³/mol. The highest BCUT2D eigenvalue weighted by Crippen LogP contribution is 2.59. The fourth-order valence-corrected chi connectivity index (χ4v) is 10.5. The Morgan fingerprint density at radius 3 is 2.08 bits per heavy atom. The maximum Gasteiger partial charge on any atom is 0.319 e. The third-order valence-corrected chi connectivity index (χ3v) is 22.3. The lowest BCUT2D eigenvalue weighted by Crippen LogP contribution is -2.49. The molecule has 3 fully saturated rings. The molecule has 3 rings (SSSR count). The maximum absolute atomic E-state index is 12.9. The minimum atomic E-state index is -2.02. The van der Waals surface area contributed by atoms with Crippen LogP contribution in [0.25, 0.3) is 0 Å². The Morgan fingerprint density at radius 1 is 0.938 bits per heavy atom. The second-order valence-corrected chi connectivity index (χ2v) is 28.6. The molecule has 0 N–H and O–H groups in total. The first-order valence-electron chi connectivity index (χ1n) is 18.5. The van der Waals surface area contributed by atoms with Gasteiger partial charge in [0.2, 0.25) is 0 Å². The minimum Gasteiger partial charge on any atom is -0.468 e. The van der Waals surface area contributed by atoms with Crippen molar-refractivity contribution < 1.29 is 23.2 Å². The third-order valence-electron chi connectivity index (χ3n) is 13.3. The summed E-state index contributed by atoms with van der Waals surface area (Å²) in [7, 11) is -2.65. The standard InChI is InChI=1S/C41H70O5Si2/c1-28(19-24-36(42)40(9,10)37(43)44-12)33-22-23-34-30(18-17-25-41(33,34)11)20-21-31-26-32(45-47(13,14)38(3,4)5)27-35(29(31)2)46-48(15,16)39(6,7)8/h19-21,24,28,32-35H,2,17-18,22-23,25-27H2,1,3-16H3/b24-19+,30-20+,31-21-/t28-,32-,33-,34+,35+,41-/m1/s1. The van der Waals surface area contributed by atoms with E-state index in [2.05, 4.69) is 100 Å². The molecule has 6 atom stereocenters. The van der Waals surface area contributed by atoms with Crippen LogP contribution in [0.3, 0.4) is 0 Å². The van der Waals surface area contributed by atoms with E-state index in [4.69, 9.17) is 13.6 Å². The number of methoxy groups -OCH3 is 1. The first kappa shape index (κ1) is 40.9. The van der Waals surface area contributed by atoms with Gasteiger partial charge >= 0.3 is 5.97 Å². The number of carbonyl (C=O) groups excluding carboxylic acids is 2. The number of hydrogen-bond acceptors (Lipinski definition) is 5. The van der Waals surface area contributed by atoms with E-state index in [1.165, 1.54) is 31.9 Å². The molecule has 48 heavy (non-hydrogen) atoms. The van der Waals surface area contributed by atoms with Gasteiger partial charge in [-0.15, -0.1) is 0 Å². The Balaban J connectivity index is 1.89. The van der Waals surface area contributed by atoms with E-state index in [9.17, 15) is 9.59 Å². The normalized spacial score (nSPS) is 30.2. The van der Waals surface area contributed by atoms with Crippen molar-refractivity contribution in [2.75, 3.05) is 7.11 Å². The lowest BCUT2D eigenvalue weighted by Gasteiger charge is -2.45. The second kappa shape index (κ2) is 14.6. The molecule has 0 aromatic heterocycles. The zero-order chi connectivity index (χ0) is 36.7. The van der Waals surface area contributed by atoms with Crippen molar-refractivity contribution in [3.05, 3.63) is 47.6 Å². The molecule has 0 saturated heterocycles. The Labute approximate surface area is 296 Å². The summed E-state index contributed by atoms with van der Waals surface area (Å²) in [5.41, 5.74) is 2.98. The highest BCUT2D eigenvalue weighted by molar-refractivity contribution is 6.74. The summed E-state index contributed by atoms with van der Waals surface area (Å²) in [6.45, 7) is 35.9. The highest BCUT2D eigenvalue weighted by Gasteiger charge is 2.51. The largest absolute Gasteiger partial charge is 0.468 e. The van der Waals surface area contributed by atoms with Gasteiger partial charge in [0.1, 0.15) is 5.41 Å². The second-order valence-electron chi connectivity index (χ2n) is 19.1. The topological polar surface area (TPSA) is 61.8 Å². The van der Waals surface area contributed by atoms with E-state index in [1.54, 1.807) is 25.5 Å². The van der Waals surface area contributed by atoms with E-state index < -0.39 is 28.0 Å². The lowest BCUT2D eigenvalue weighted by atomic mass is 9.61. The van der Waals surface area contributed by atoms with Crippen LogP contribution < -0.4 is 0 Å². The number of esters is 1. The summed E-state index contributed by atoms with van der Waals surface area (Å²) in [6, 6.07) is 0. The molecule has 3 aliphatic carbocycles. The van der Waals surface area contributed by atoms with Crippen LogP contribution in [0.1, 0.15) is 114 Å². The fourth-order valence-electron chi connectivity index (χ4n) is 7.85. The summed E-state index contributed by atoms with van der Waals surface area (Å²) in [5, 5.41) is 0.265. The number of allylic oxidation sites excluding steroid dienone is 5. The monoisotopic (exact) mass is 698 g/mol. The molecule has 0 radical (unpaired) electrons. The van der Waals surface area contributed by atoms with Gasteiger partial charge in [0.25, 0.3) is 0 Å².